The van der Waals surface area contributed by atoms with Crippen molar-refractivity contribution in [3.63, 3.8) is 0 Å². The van der Waals surface area contributed by atoms with E-state index < -0.39 is 0 Å². The molecule has 0 aromatic carbocycles. The van der Waals surface area contributed by atoms with Crippen molar-refractivity contribution in [2.45, 2.75) is 33.2 Å². The largest absolute Gasteiger partial charge is 0.377 e. The van der Waals surface area contributed by atoms with E-state index >= 15 is 0 Å². The lowest BCUT2D eigenvalue weighted by atomic mass is 10.1. The van der Waals surface area contributed by atoms with E-state index in [2.05, 4.69) is 28.9 Å². The van der Waals surface area contributed by atoms with Gasteiger partial charge in [0.1, 0.15) is 17.6 Å². The molecule has 0 spiro atoms. The number of morpholine rings is 1. The normalized spacial score (nSPS) is 18.4. The minimum Gasteiger partial charge on any atom is -0.377 e. The number of carbonyl (C=O) groups is 1. The van der Waals surface area contributed by atoms with Crippen molar-refractivity contribution in [2.24, 2.45) is 13.0 Å². The Morgan fingerprint density at radius 3 is 2.96 bits per heavy atom. The highest BCUT2D eigenvalue weighted by molar-refractivity contribution is 5.93. The maximum atomic E-state index is 13.1. The molecule has 0 aliphatic carbocycles. The number of rotatable bonds is 4. The molecule has 3 heterocycles. The Morgan fingerprint density at radius 2 is 2.29 bits per heavy atom. The van der Waals surface area contributed by atoms with E-state index in [-0.39, 0.29) is 11.9 Å². The first-order valence-corrected chi connectivity index (χ1v) is 8.39. The van der Waals surface area contributed by atoms with E-state index in [0.29, 0.717) is 31.4 Å². The number of aryl methyl sites for hydroxylation is 2. The number of ether oxygens (including phenoxy) is 1. The predicted octanol–water partition coefficient (Wildman–Crippen LogP) is 1.86. The molecule has 1 fully saturated rings. The second kappa shape index (κ2) is 6.76. The molecule has 7 nitrogen and oxygen atoms in total. The number of imidazole rings is 1. The van der Waals surface area contributed by atoms with E-state index in [1.54, 1.807) is 10.9 Å². The Morgan fingerprint density at radius 1 is 1.50 bits per heavy atom. The minimum absolute atomic E-state index is 0.0256. The van der Waals surface area contributed by atoms with Crippen LogP contribution in [0.4, 0.5) is 0 Å². The van der Waals surface area contributed by atoms with E-state index in [0.717, 1.165) is 23.6 Å². The van der Waals surface area contributed by atoms with E-state index in [4.69, 9.17) is 4.74 Å². The van der Waals surface area contributed by atoms with Crippen molar-refractivity contribution in [1.29, 1.82) is 0 Å². The summed E-state index contributed by atoms with van der Waals surface area (Å²) >= 11 is 0. The number of H-pyrrole nitrogens is 1. The number of hydrogen-bond acceptors (Lipinski definition) is 4. The van der Waals surface area contributed by atoms with Gasteiger partial charge in [-0.05, 0) is 25.3 Å². The summed E-state index contributed by atoms with van der Waals surface area (Å²) in [6.07, 6.45) is 2.64. The topological polar surface area (TPSA) is 76.0 Å². The van der Waals surface area contributed by atoms with Gasteiger partial charge in [-0.1, -0.05) is 13.8 Å². The van der Waals surface area contributed by atoms with Crippen LogP contribution in [0.3, 0.4) is 0 Å². The standard InChI is InChI=1S/C17H25N5O2/c1-11(2)7-13-8-14(21(4)20-13)17(23)22-5-6-24-10-15(22)16-18-9-12(3)19-16/h8-9,11,15H,5-7,10H2,1-4H3,(H,18,19)/t15-/m1/s1. The van der Waals surface area contributed by atoms with Crippen LogP contribution in [0.1, 0.15) is 47.6 Å². The third-order valence-corrected chi connectivity index (χ3v) is 4.19. The number of aromatic amines is 1. The molecule has 1 aliphatic rings. The van der Waals surface area contributed by atoms with Crippen LogP contribution >= 0.6 is 0 Å². The van der Waals surface area contributed by atoms with Gasteiger partial charge in [0.05, 0.1) is 18.9 Å². The van der Waals surface area contributed by atoms with Crippen molar-refractivity contribution in [3.05, 3.63) is 35.2 Å². The molecule has 0 unspecified atom stereocenters. The fourth-order valence-electron chi connectivity index (χ4n) is 3.07. The van der Waals surface area contributed by atoms with Gasteiger partial charge >= 0.3 is 0 Å². The molecule has 130 valence electrons. The van der Waals surface area contributed by atoms with Crippen LogP contribution in [0.2, 0.25) is 0 Å². The van der Waals surface area contributed by atoms with Crippen molar-refractivity contribution in [1.82, 2.24) is 24.6 Å². The van der Waals surface area contributed by atoms with Gasteiger partial charge in [-0.25, -0.2) is 4.98 Å². The Labute approximate surface area is 142 Å². The first kappa shape index (κ1) is 16.7. The molecule has 2 aromatic heterocycles. The molecule has 7 heteroatoms. The Bertz CT molecular complexity index is 718. The molecule has 1 atom stereocenters. The Balaban J connectivity index is 1.85. The summed E-state index contributed by atoms with van der Waals surface area (Å²) < 4.78 is 7.25. The molecule has 1 aliphatic heterocycles. The van der Waals surface area contributed by atoms with Crippen LogP contribution in [-0.2, 0) is 18.2 Å². The average molecular weight is 331 g/mol. The maximum Gasteiger partial charge on any atom is 0.272 e. The van der Waals surface area contributed by atoms with E-state index in [9.17, 15) is 4.79 Å². The minimum atomic E-state index is -0.191. The van der Waals surface area contributed by atoms with Gasteiger partial charge in [0.2, 0.25) is 0 Å². The van der Waals surface area contributed by atoms with Crippen LogP contribution in [-0.4, -0.2) is 50.3 Å². The second-order valence-electron chi connectivity index (χ2n) is 6.78. The number of nitrogens with zero attached hydrogens (tertiary/aromatic N) is 4. The Kier molecular flexibility index (Phi) is 4.71. The molecule has 1 amide bonds. The quantitative estimate of drug-likeness (QED) is 0.928. The van der Waals surface area contributed by atoms with Crippen molar-refractivity contribution < 1.29 is 9.53 Å². The zero-order valence-corrected chi connectivity index (χ0v) is 14.7. The summed E-state index contributed by atoms with van der Waals surface area (Å²) in [5.41, 5.74) is 2.54. The lowest BCUT2D eigenvalue weighted by molar-refractivity contribution is -0.00556. The van der Waals surface area contributed by atoms with Crippen LogP contribution in [0, 0.1) is 12.8 Å². The van der Waals surface area contributed by atoms with Crippen LogP contribution in [0.5, 0.6) is 0 Å². The zero-order chi connectivity index (χ0) is 17.3. The number of nitrogens with one attached hydrogen (secondary N) is 1. The smallest absolute Gasteiger partial charge is 0.272 e. The van der Waals surface area contributed by atoms with Gasteiger partial charge in [-0.3, -0.25) is 9.48 Å². The fraction of sp³-hybridized carbons (Fsp3) is 0.588. The summed E-state index contributed by atoms with van der Waals surface area (Å²) in [5, 5.41) is 4.48. The molecule has 1 N–H and O–H groups in total. The first-order valence-electron chi connectivity index (χ1n) is 8.39. The van der Waals surface area contributed by atoms with E-state index in [1.807, 2.05) is 24.9 Å². The number of hydrogen-bond donors (Lipinski definition) is 1. The third-order valence-electron chi connectivity index (χ3n) is 4.19. The highest BCUT2D eigenvalue weighted by atomic mass is 16.5. The van der Waals surface area contributed by atoms with Crippen molar-refractivity contribution >= 4 is 5.91 Å². The summed E-state index contributed by atoms with van der Waals surface area (Å²) in [6.45, 7) is 7.79. The molecule has 24 heavy (non-hydrogen) atoms. The monoisotopic (exact) mass is 331 g/mol. The summed E-state index contributed by atoms with van der Waals surface area (Å²) in [6, 6.07) is 1.71. The Hall–Kier alpha value is -2.15. The van der Waals surface area contributed by atoms with Crippen molar-refractivity contribution in [2.75, 3.05) is 19.8 Å². The molecular weight excluding hydrogens is 306 g/mol. The number of carbonyl (C=O) groups excluding carboxylic acids is 1. The van der Waals surface area contributed by atoms with Gasteiger partial charge in [-0.15, -0.1) is 0 Å². The van der Waals surface area contributed by atoms with Gasteiger partial charge in [0.25, 0.3) is 5.91 Å². The molecular formula is C17H25N5O2. The maximum absolute atomic E-state index is 13.1. The van der Waals surface area contributed by atoms with Crippen LogP contribution < -0.4 is 0 Å². The molecule has 0 saturated carbocycles. The molecule has 0 bridgehead atoms. The SMILES string of the molecule is Cc1cnc([C@H]2COCCN2C(=O)c2cc(CC(C)C)nn2C)[nH]1. The summed E-state index contributed by atoms with van der Waals surface area (Å²) in [7, 11) is 1.82. The van der Waals surface area contributed by atoms with Crippen LogP contribution in [0.25, 0.3) is 0 Å². The zero-order valence-electron chi connectivity index (χ0n) is 14.7. The second-order valence-corrected chi connectivity index (χ2v) is 6.78. The van der Waals surface area contributed by atoms with Gasteiger partial charge in [0.15, 0.2) is 0 Å². The number of aromatic nitrogens is 4. The third kappa shape index (κ3) is 3.36. The molecule has 1 saturated heterocycles. The van der Waals surface area contributed by atoms with Gasteiger partial charge in [0, 0.05) is 25.5 Å². The predicted molar refractivity (Wildman–Crippen MR) is 89.7 cm³/mol. The summed E-state index contributed by atoms with van der Waals surface area (Å²) in [5.74, 6) is 1.25. The first-order chi connectivity index (χ1) is 11.5. The highest BCUT2D eigenvalue weighted by Gasteiger charge is 2.32. The lowest BCUT2D eigenvalue weighted by Crippen LogP contribution is -2.44. The molecule has 3 rings (SSSR count). The lowest BCUT2D eigenvalue weighted by Gasteiger charge is -2.34. The van der Waals surface area contributed by atoms with Gasteiger partial charge in [-0.2, -0.15) is 5.10 Å². The van der Waals surface area contributed by atoms with Crippen LogP contribution in [0.15, 0.2) is 12.3 Å². The van der Waals surface area contributed by atoms with Gasteiger partial charge < -0.3 is 14.6 Å². The fourth-order valence-corrected chi connectivity index (χ4v) is 3.07. The van der Waals surface area contributed by atoms with E-state index in [1.165, 1.54) is 0 Å². The average Bonchev–Trinajstić information content (AvgIpc) is 3.12. The molecule has 2 aromatic rings. The highest BCUT2D eigenvalue weighted by Crippen LogP contribution is 2.24. The number of amides is 1. The molecule has 0 radical (unpaired) electrons. The van der Waals surface area contributed by atoms with Crippen molar-refractivity contribution in [3.8, 4) is 0 Å². The summed E-state index contributed by atoms with van der Waals surface area (Å²) in [4.78, 5) is 22.5.